The van der Waals surface area contributed by atoms with E-state index in [1.165, 1.54) is 0 Å². The fourth-order valence-corrected chi connectivity index (χ4v) is 1.19. The first-order valence-corrected chi connectivity index (χ1v) is 5.72. The van der Waals surface area contributed by atoms with Crippen LogP contribution >= 0.6 is 0 Å². The van der Waals surface area contributed by atoms with Gasteiger partial charge >= 0.3 is 12.1 Å². The van der Waals surface area contributed by atoms with Crippen LogP contribution in [0.5, 0.6) is 5.75 Å². The molecular weight excluding hydrogens is 250 g/mol. The van der Waals surface area contributed by atoms with Gasteiger partial charge < -0.3 is 14.6 Å². The molecule has 0 aliphatic carbocycles. The summed E-state index contributed by atoms with van der Waals surface area (Å²) in [5, 5.41) is 11.1. The average Bonchev–Trinajstić information content (AvgIpc) is 2.26. The molecule has 19 heavy (non-hydrogen) atoms. The molecule has 1 rings (SSSR count). The molecule has 0 aliphatic heterocycles. The van der Waals surface area contributed by atoms with Crippen molar-refractivity contribution in [3.63, 3.8) is 0 Å². The van der Waals surface area contributed by atoms with Gasteiger partial charge in [-0.3, -0.25) is 5.32 Å². The van der Waals surface area contributed by atoms with E-state index in [0.29, 0.717) is 5.75 Å². The van der Waals surface area contributed by atoms with Gasteiger partial charge in [0.2, 0.25) is 0 Å². The van der Waals surface area contributed by atoms with Crippen LogP contribution in [0.2, 0.25) is 0 Å². The zero-order valence-electron chi connectivity index (χ0n) is 11.0. The lowest BCUT2D eigenvalue weighted by molar-refractivity contribution is -0.146. The van der Waals surface area contributed by atoms with Crippen molar-refractivity contribution < 1.29 is 24.2 Å². The predicted molar refractivity (Wildman–Crippen MR) is 67.9 cm³/mol. The number of benzene rings is 1. The Bertz CT molecular complexity index is 438. The van der Waals surface area contributed by atoms with Crippen LogP contribution in [0.1, 0.15) is 20.8 Å². The van der Waals surface area contributed by atoms with Gasteiger partial charge in [0.25, 0.3) is 6.23 Å². The van der Waals surface area contributed by atoms with E-state index in [1.807, 2.05) is 0 Å². The maximum atomic E-state index is 11.5. The Kier molecular flexibility index (Phi) is 4.74. The molecule has 104 valence electrons. The second-order valence-electron chi connectivity index (χ2n) is 4.80. The summed E-state index contributed by atoms with van der Waals surface area (Å²) in [6.07, 6.45) is -2.35. The lowest BCUT2D eigenvalue weighted by Gasteiger charge is -2.22. The number of hydrogen-bond donors (Lipinski definition) is 2. The molecule has 1 aromatic carbocycles. The van der Waals surface area contributed by atoms with Gasteiger partial charge in [0.15, 0.2) is 0 Å². The molecule has 1 amide bonds. The van der Waals surface area contributed by atoms with Crippen LogP contribution in [0.15, 0.2) is 30.3 Å². The van der Waals surface area contributed by atoms with Gasteiger partial charge in [-0.1, -0.05) is 18.2 Å². The Morgan fingerprint density at radius 2 is 1.79 bits per heavy atom. The highest BCUT2D eigenvalue weighted by molar-refractivity contribution is 5.79. The molecule has 0 spiro atoms. The predicted octanol–water partition coefficient (Wildman–Crippen LogP) is 2.00. The monoisotopic (exact) mass is 267 g/mol. The van der Waals surface area contributed by atoms with Crippen LogP contribution < -0.4 is 10.1 Å². The molecule has 0 aromatic heterocycles. The maximum absolute atomic E-state index is 11.5. The number of amides is 1. The Morgan fingerprint density at radius 3 is 2.26 bits per heavy atom. The van der Waals surface area contributed by atoms with Crippen LogP contribution in [0, 0.1) is 0 Å². The number of para-hydroxylation sites is 1. The molecule has 1 aromatic rings. The van der Waals surface area contributed by atoms with E-state index in [0.717, 1.165) is 0 Å². The van der Waals surface area contributed by atoms with Crippen molar-refractivity contribution >= 4 is 12.1 Å². The van der Waals surface area contributed by atoms with Crippen molar-refractivity contribution in [1.29, 1.82) is 0 Å². The lowest BCUT2D eigenvalue weighted by atomic mass is 10.2. The number of hydrogen-bond acceptors (Lipinski definition) is 4. The molecule has 2 N–H and O–H groups in total. The van der Waals surface area contributed by atoms with E-state index in [1.54, 1.807) is 51.1 Å². The Hall–Kier alpha value is -2.24. The van der Waals surface area contributed by atoms with Gasteiger partial charge in [-0.25, -0.2) is 9.59 Å². The summed E-state index contributed by atoms with van der Waals surface area (Å²) < 4.78 is 10.1. The number of nitrogens with one attached hydrogen (secondary N) is 1. The standard InChI is InChI=1S/C13H17NO5/c1-13(2,3)19-12(17)14-10(11(15)16)18-9-7-5-4-6-8-9/h4-8,10H,1-3H3,(H,14,17)(H,15,16). The number of rotatable bonds is 4. The fraction of sp³-hybridized carbons (Fsp3) is 0.385. The number of carbonyl (C=O) groups is 2. The highest BCUT2D eigenvalue weighted by Gasteiger charge is 2.25. The molecule has 0 radical (unpaired) electrons. The van der Waals surface area contributed by atoms with Crippen molar-refractivity contribution in [2.45, 2.75) is 32.6 Å². The third kappa shape index (κ3) is 5.76. The molecular formula is C13H17NO5. The smallest absolute Gasteiger partial charge is 0.410 e. The minimum atomic E-state index is -1.50. The molecule has 0 fully saturated rings. The number of alkyl carbamates (subject to hydrolysis) is 1. The molecule has 0 aliphatic rings. The second-order valence-corrected chi connectivity index (χ2v) is 4.80. The van der Waals surface area contributed by atoms with Gasteiger partial charge in [0.1, 0.15) is 11.4 Å². The molecule has 1 unspecified atom stereocenters. The van der Waals surface area contributed by atoms with Crippen LogP contribution in [0.3, 0.4) is 0 Å². The zero-order chi connectivity index (χ0) is 14.5. The zero-order valence-corrected chi connectivity index (χ0v) is 11.0. The van der Waals surface area contributed by atoms with E-state index in [9.17, 15) is 9.59 Å². The average molecular weight is 267 g/mol. The minimum Gasteiger partial charge on any atom is -0.477 e. The van der Waals surface area contributed by atoms with Crippen molar-refractivity contribution in [1.82, 2.24) is 5.32 Å². The number of carboxylic acids is 1. The second kappa shape index (κ2) is 6.08. The molecule has 0 heterocycles. The van der Waals surface area contributed by atoms with Crippen LogP contribution in [0.25, 0.3) is 0 Å². The first-order chi connectivity index (χ1) is 8.78. The summed E-state index contributed by atoms with van der Waals surface area (Å²) in [5.41, 5.74) is -0.708. The van der Waals surface area contributed by atoms with Crippen LogP contribution in [-0.4, -0.2) is 29.0 Å². The largest absolute Gasteiger partial charge is 0.477 e. The Morgan fingerprint density at radius 1 is 1.21 bits per heavy atom. The van der Waals surface area contributed by atoms with Crippen molar-refractivity contribution in [3.8, 4) is 5.75 Å². The van der Waals surface area contributed by atoms with E-state index in [-0.39, 0.29) is 0 Å². The third-order valence-electron chi connectivity index (χ3n) is 1.87. The van der Waals surface area contributed by atoms with Crippen molar-refractivity contribution in [2.24, 2.45) is 0 Å². The SMILES string of the molecule is CC(C)(C)OC(=O)NC(Oc1ccccc1)C(=O)O. The molecule has 6 heteroatoms. The van der Waals surface area contributed by atoms with Gasteiger partial charge in [0.05, 0.1) is 0 Å². The molecule has 6 nitrogen and oxygen atoms in total. The third-order valence-corrected chi connectivity index (χ3v) is 1.87. The number of carboxylic acid groups (broad SMARTS) is 1. The Balaban J connectivity index is 2.64. The van der Waals surface area contributed by atoms with E-state index in [4.69, 9.17) is 14.6 Å². The minimum absolute atomic E-state index is 0.339. The highest BCUT2D eigenvalue weighted by Crippen LogP contribution is 2.11. The summed E-state index contributed by atoms with van der Waals surface area (Å²) in [6.45, 7) is 5.04. The number of ether oxygens (including phenoxy) is 2. The maximum Gasteiger partial charge on any atom is 0.410 e. The van der Waals surface area contributed by atoms with Gasteiger partial charge in [0, 0.05) is 0 Å². The molecule has 1 atom stereocenters. The first kappa shape index (κ1) is 14.8. The van der Waals surface area contributed by atoms with Crippen molar-refractivity contribution in [3.05, 3.63) is 30.3 Å². The fourth-order valence-electron chi connectivity index (χ4n) is 1.19. The van der Waals surface area contributed by atoms with Crippen LogP contribution in [0.4, 0.5) is 4.79 Å². The van der Waals surface area contributed by atoms with Gasteiger partial charge in [-0.2, -0.15) is 0 Å². The topological polar surface area (TPSA) is 84.9 Å². The number of aliphatic carboxylic acids is 1. The summed E-state index contributed by atoms with van der Waals surface area (Å²) in [6, 6.07) is 8.34. The molecule has 0 saturated carbocycles. The molecule has 0 bridgehead atoms. The van der Waals surface area contributed by atoms with Gasteiger partial charge in [-0.15, -0.1) is 0 Å². The van der Waals surface area contributed by atoms with E-state index >= 15 is 0 Å². The lowest BCUT2D eigenvalue weighted by Crippen LogP contribution is -2.46. The van der Waals surface area contributed by atoms with E-state index in [2.05, 4.69) is 5.32 Å². The van der Waals surface area contributed by atoms with Crippen LogP contribution in [-0.2, 0) is 9.53 Å². The summed E-state index contributed by atoms with van der Waals surface area (Å²) in [4.78, 5) is 22.5. The first-order valence-electron chi connectivity index (χ1n) is 5.72. The quantitative estimate of drug-likeness (QED) is 0.815. The summed E-state index contributed by atoms with van der Waals surface area (Å²) in [5.74, 6) is -0.972. The summed E-state index contributed by atoms with van der Waals surface area (Å²) in [7, 11) is 0. The number of carbonyl (C=O) groups excluding carboxylic acids is 1. The normalized spacial score (nSPS) is 12.4. The Labute approximate surface area is 111 Å². The molecule has 0 saturated heterocycles. The summed E-state index contributed by atoms with van der Waals surface area (Å²) >= 11 is 0. The van der Waals surface area contributed by atoms with E-state index < -0.39 is 23.9 Å². The van der Waals surface area contributed by atoms with Crippen molar-refractivity contribution in [2.75, 3.05) is 0 Å². The van der Waals surface area contributed by atoms with Gasteiger partial charge in [-0.05, 0) is 32.9 Å². The highest BCUT2D eigenvalue weighted by atomic mass is 16.6.